The quantitative estimate of drug-likeness (QED) is 0.396. The van der Waals surface area contributed by atoms with E-state index >= 15 is 0 Å². The molecule has 2 atom stereocenters. The fourth-order valence-electron chi connectivity index (χ4n) is 2.38. The number of aryl methyl sites for hydroxylation is 1. The number of hydrogen-bond donors (Lipinski definition) is 1. The molecule has 0 radical (unpaired) electrons. The van der Waals surface area contributed by atoms with Crippen LogP contribution in [0.25, 0.3) is 0 Å². The van der Waals surface area contributed by atoms with Gasteiger partial charge < -0.3 is 14.7 Å². The van der Waals surface area contributed by atoms with Gasteiger partial charge in [0.15, 0.2) is 5.60 Å². The lowest BCUT2D eigenvalue weighted by Crippen LogP contribution is -2.49. The predicted octanol–water partition coefficient (Wildman–Crippen LogP) is 3.49. The summed E-state index contributed by atoms with van der Waals surface area (Å²) in [7, 11) is -0.204. The molecule has 0 fully saturated rings. The van der Waals surface area contributed by atoms with Gasteiger partial charge in [-0.25, -0.2) is 4.99 Å². The highest BCUT2D eigenvalue weighted by molar-refractivity contribution is 8.00. The molecule has 0 aliphatic rings. The Hall–Kier alpha value is -1.74. The van der Waals surface area contributed by atoms with Crippen LogP contribution in [-0.2, 0) is 15.1 Å². The topological polar surface area (TPSA) is 62.1 Å². The van der Waals surface area contributed by atoms with Gasteiger partial charge in [0.25, 0.3) is 0 Å². The average Bonchev–Trinajstić information content (AvgIpc) is 2.58. The zero-order valence-electron chi connectivity index (χ0n) is 17.1. The largest absolute Gasteiger partial charge is 0.496 e. The van der Waals surface area contributed by atoms with Gasteiger partial charge >= 0.3 is 6.18 Å². The summed E-state index contributed by atoms with van der Waals surface area (Å²) in [5.41, 5.74) is -3.04. The smallest absolute Gasteiger partial charge is 0.422 e. The molecule has 0 saturated carbocycles. The molecule has 1 aromatic rings. The van der Waals surface area contributed by atoms with Crippen molar-refractivity contribution in [3.8, 4) is 5.75 Å². The van der Waals surface area contributed by atoms with Crippen LogP contribution >= 0.6 is 0 Å². The first-order chi connectivity index (χ1) is 12.7. The van der Waals surface area contributed by atoms with Gasteiger partial charge in [-0.1, -0.05) is 13.8 Å². The van der Waals surface area contributed by atoms with E-state index in [-0.39, 0.29) is 5.75 Å². The number of methoxy groups -OCH3 is 1. The minimum Gasteiger partial charge on any atom is -0.496 e. The van der Waals surface area contributed by atoms with Crippen LogP contribution in [0.1, 0.15) is 31.9 Å². The molecule has 2 unspecified atom stereocenters. The standard InChI is InChI=1S/C19H29F3N2O3S/c1-8-24(5)12-23-16-10-17(27-6)15(9-14(16)4)18(25,19(20,21)22)11-28(7,26)13(2)3/h9-10,12-13,25H,7-8,11H2,1-6H3. The normalized spacial score (nSPS) is 16.8. The van der Waals surface area contributed by atoms with Gasteiger partial charge in [-0.05, 0) is 40.9 Å². The Morgan fingerprint density at radius 2 is 1.96 bits per heavy atom. The number of aliphatic imine (C=N–C) groups is 1. The third-order valence-electron chi connectivity index (χ3n) is 4.64. The molecular weight excluding hydrogens is 393 g/mol. The first kappa shape index (κ1) is 24.3. The highest BCUT2D eigenvalue weighted by atomic mass is 32.2. The van der Waals surface area contributed by atoms with E-state index in [9.17, 15) is 22.5 Å². The summed E-state index contributed by atoms with van der Waals surface area (Å²) in [5.74, 6) is 2.20. The van der Waals surface area contributed by atoms with Gasteiger partial charge in [0.2, 0.25) is 0 Å². The Kier molecular flexibility index (Phi) is 7.58. The summed E-state index contributed by atoms with van der Waals surface area (Å²) in [6.07, 6.45) is -3.52. The summed E-state index contributed by atoms with van der Waals surface area (Å²) in [4.78, 5) is 6.06. The maximum Gasteiger partial charge on any atom is 0.422 e. The maximum absolute atomic E-state index is 13.9. The molecule has 0 aliphatic carbocycles. The molecule has 0 heterocycles. The Balaban J connectivity index is 3.63. The van der Waals surface area contributed by atoms with Crippen molar-refractivity contribution < 1.29 is 27.2 Å². The van der Waals surface area contributed by atoms with Crippen molar-refractivity contribution in [1.82, 2.24) is 4.90 Å². The van der Waals surface area contributed by atoms with Gasteiger partial charge in [0.05, 0.1) is 24.9 Å². The number of aliphatic hydroxyl groups is 1. The predicted molar refractivity (Wildman–Crippen MR) is 109 cm³/mol. The molecule has 0 saturated heterocycles. The lowest BCUT2D eigenvalue weighted by Gasteiger charge is -2.34. The first-order valence-corrected chi connectivity index (χ1v) is 10.7. The van der Waals surface area contributed by atoms with Crippen molar-refractivity contribution >= 4 is 27.4 Å². The van der Waals surface area contributed by atoms with Gasteiger partial charge in [-0.2, -0.15) is 13.2 Å². The number of rotatable bonds is 8. The molecule has 0 aliphatic heterocycles. The zero-order valence-corrected chi connectivity index (χ0v) is 17.9. The molecule has 0 amide bonds. The summed E-state index contributed by atoms with van der Waals surface area (Å²) >= 11 is 0. The number of ether oxygens (including phenoxy) is 1. The second-order valence-electron chi connectivity index (χ2n) is 7.08. The van der Waals surface area contributed by atoms with Crippen LogP contribution in [0.5, 0.6) is 5.75 Å². The van der Waals surface area contributed by atoms with E-state index in [4.69, 9.17) is 4.74 Å². The molecule has 0 aromatic heterocycles. The van der Waals surface area contributed by atoms with E-state index in [1.165, 1.54) is 33.1 Å². The number of nitrogens with zero attached hydrogens (tertiary/aromatic N) is 2. The summed E-state index contributed by atoms with van der Waals surface area (Å²) < 4.78 is 59.6. The zero-order chi connectivity index (χ0) is 21.9. The molecule has 28 heavy (non-hydrogen) atoms. The summed E-state index contributed by atoms with van der Waals surface area (Å²) in [6.45, 7) is 7.24. The Morgan fingerprint density at radius 3 is 2.39 bits per heavy atom. The molecule has 0 spiro atoms. The molecule has 1 aromatic carbocycles. The van der Waals surface area contributed by atoms with Crippen molar-refractivity contribution in [3.05, 3.63) is 23.3 Å². The minimum atomic E-state index is -5.07. The molecule has 160 valence electrons. The fourth-order valence-corrected chi connectivity index (χ4v) is 3.74. The van der Waals surface area contributed by atoms with Crippen LogP contribution < -0.4 is 4.74 Å². The third kappa shape index (κ3) is 5.20. The Morgan fingerprint density at radius 1 is 1.39 bits per heavy atom. The summed E-state index contributed by atoms with van der Waals surface area (Å²) in [6, 6.07) is 2.52. The van der Waals surface area contributed by atoms with Crippen LogP contribution in [0, 0.1) is 6.92 Å². The van der Waals surface area contributed by atoms with E-state index < -0.39 is 37.9 Å². The molecule has 0 bridgehead atoms. The lowest BCUT2D eigenvalue weighted by molar-refractivity contribution is -0.257. The van der Waals surface area contributed by atoms with Crippen molar-refractivity contribution in [2.45, 2.75) is 44.7 Å². The van der Waals surface area contributed by atoms with Crippen molar-refractivity contribution in [3.63, 3.8) is 0 Å². The van der Waals surface area contributed by atoms with Gasteiger partial charge in [0.1, 0.15) is 5.75 Å². The number of halogens is 3. The van der Waals surface area contributed by atoms with Gasteiger partial charge in [0, 0.05) is 30.5 Å². The van der Waals surface area contributed by atoms with Crippen LogP contribution in [0.15, 0.2) is 17.1 Å². The molecule has 5 nitrogen and oxygen atoms in total. The number of hydrogen-bond acceptors (Lipinski definition) is 4. The second-order valence-corrected chi connectivity index (χ2v) is 10.0. The van der Waals surface area contributed by atoms with E-state index in [2.05, 4.69) is 10.9 Å². The SMILES string of the molecule is C=S(=O)(CC(O)(c1cc(C)c(N=CN(C)CC)cc1OC)C(F)(F)F)C(C)C. The average molecular weight is 423 g/mol. The molecule has 9 heteroatoms. The fraction of sp³-hybridized carbons (Fsp3) is 0.579. The monoisotopic (exact) mass is 422 g/mol. The first-order valence-electron chi connectivity index (χ1n) is 8.76. The van der Waals surface area contributed by atoms with Crippen molar-refractivity contribution in [2.24, 2.45) is 4.99 Å². The third-order valence-corrected chi connectivity index (χ3v) is 7.26. The minimum absolute atomic E-state index is 0.185. The molecular formula is C19H29F3N2O3S. The molecule has 1 N–H and O–H groups in total. The van der Waals surface area contributed by atoms with Gasteiger partial charge in [-0.3, -0.25) is 4.21 Å². The Bertz CT molecular complexity index is 820. The van der Waals surface area contributed by atoms with Crippen LogP contribution in [0.3, 0.4) is 0 Å². The maximum atomic E-state index is 13.9. The number of alkyl halides is 3. The summed E-state index contributed by atoms with van der Waals surface area (Å²) in [5, 5.41) is 10.1. The van der Waals surface area contributed by atoms with E-state index in [0.29, 0.717) is 17.8 Å². The highest BCUT2D eigenvalue weighted by Crippen LogP contribution is 2.45. The lowest BCUT2D eigenvalue weighted by atomic mass is 9.92. The van der Waals surface area contributed by atoms with Crippen LogP contribution in [0.4, 0.5) is 18.9 Å². The Labute approximate surface area is 165 Å². The van der Waals surface area contributed by atoms with Gasteiger partial charge in [-0.15, -0.1) is 0 Å². The van der Waals surface area contributed by atoms with E-state index in [1.54, 1.807) is 18.2 Å². The van der Waals surface area contributed by atoms with Crippen molar-refractivity contribution in [2.75, 3.05) is 26.5 Å². The number of benzene rings is 1. The molecule has 1 rings (SSSR count). The van der Waals surface area contributed by atoms with Crippen molar-refractivity contribution in [1.29, 1.82) is 0 Å². The van der Waals surface area contributed by atoms with E-state index in [0.717, 1.165) is 0 Å². The second kappa shape index (κ2) is 8.73. The van der Waals surface area contributed by atoms with E-state index in [1.807, 2.05) is 14.0 Å². The van der Waals surface area contributed by atoms with Crippen LogP contribution in [0.2, 0.25) is 0 Å². The van der Waals surface area contributed by atoms with Crippen LogP contribution in [-0.4, -0.2) is 64.3 Å². The highest BCUT2D eigenvalue weighted by Gasteiger charge is 2.57.